The number of nitrogens with one attached hydrogen (secondary N) is 1. The van der Waals surface area contributed by atoms with Crippen LogP contribution in [0.4, 0.5) is 4.39 Å². The second-order valence-electron chi connectivity index (χ2n) is 4.68. The molecule has 102 valence electrons. The van der Waals surface area contributed by atoms with Crippen LogP contribution < -0.4 is 5.32 Å². The predicted octanol–water partition coefficient (Wildman–Crippen LogP) is 1.07. The highest BCUT2D eigenvalue weighted by atomic mass is 19.1. The molecule has 2 aromatic rings. The Morgan fingerprint density at radius 1 is 1.47 bits per heavy atom. The molecule has 0 aliphatic carbocycles. The Morgan fingerprint density at radius 2 is 2.21 bits per heavy atom. The largest absolute Gasteiger partial charge is 0.349 e. The van der Waals surface area contributed by atoms with Gasteiger partial charge in [0.25, 0.3) is 5.91 Å². The number of rotatable bonds is 4. The van der Waals surface area contributed by atoms with E-state index >= 15 is 0 Å². The molecule has 19 heavy (non-hydrogen) atoms. The summed E-state index contributed by atoms with van der Waals surface area (Å²) in [5.41, 5.74) is 1.54. The first-order valence-corrected chi connectivity index (χ1v) is 6.06. The maximum atomic E-state index is 13.3. The average Bonchev–Trinajstić information content (AvgIpc) is 2.63. The van der Waals surface area contributed by atoms with Crippen LogP contribution in [-0.4, -0.2) is 47.4 Å². The SMILES string of the molecule is Cc1nc2ccc(F)cn2c1C(=O)NCCN(C)C. The van der Waals surface area contributed by atoms with Crippen molar-refractivity contribution < 1.29 is 9.18 Å². The number of aromatic nitrogens is 2. The highest BCUT2D eigenvalue weighted by molar-refractivity contribution is 5.94. The van der Waals surface area contributed by atoms with Crippen LogP contribution in [0, 0.1) is 12.7 Å². The lowest BCUT2D eigenvalue weighted by molar-refractivity contribution is 0.0944. The molecule has 0 aromatic carbocycles. The van der Waals surface area contributed by atoms with Gasteiger partial charge in [0.2, 0.25) is 0 Å². The van der Waals surface area contributed by atoms with Gasteiger partial charge in [0, 0.05) is 19.3 Å². The summed E-state index contributed by atoms with van der Waals surface area (Å²) in [5, 5.41) is 2.80. The lowest BCUT2D eigenvalue weighted by atomic mass is 10.3. The van der Waals surface area contributed by atoms with Crippen molar-refractivity contribution in [2.24, 2.45) is 0 Å². The van der Waals surface area contributed by atoms with E-state index in [0.717, 1.165) is 6.54 Å². The Hall–Kier alpha value is -1.95. The van der Waals surface area contributed by atoms with Crippen molar-refractivity contribution in [2.45, 2.75) is 6.92 Å². The molecule has 0 saturated carbocycles. The summed E-state index contributed by atoms with van der Waals surface area (Å²) < 4.78 is 14.7. The number of aryl methyl sites for hydroxylation is 1. The Morgan fingerprint density at radius 3 is 2.89 bits per heavy atom. The van der Waals surface area contributed by atoms with Gasteiger partial charge in [0.05, 0.1) is 5.69 Å². The minimum atomic E-state index is -0.396. The summed E-state index contributed by atoms with van der Waals surface area (Å²) in [5.74, 6) is -0.635. The zero-order chi connectivity index (χ0) is 14.0. The summed E-state index contributed by atoms with van der Waals surface area (Å²) in [6.07, 6.45) is 1.27. The fraction of sp³-hybridized carbons (Fsp3) is 0.385. The highest BCUT2D eigenvalue weighted by Gasteiger charge is 2.16. The number of pyridine rings is 1. The first-order valence-electron chi connectivity index (χ1n) is 6.06. The fourth-order valence-electron chi connectivity index (χ4n) is 1.89. The lowest BCUT2D eigenvalue weighted by Gasteiger charge is -2.10. The van der Waals surface area contributed by atoms with Gasteiger partial charge < -0.3 is 10.2 Å². The molecule has 0 saturated heterocycles. The Kier molecular flexibility index (Phi) is 3.80. The van der Waals surface area contributed by atoms with Crippen molar-refractivity contribution in [2.75, 3.05) is 27.2 Å². The van der Waals surface area contributed by atoms with Gasteiger partial charge in [-0.1, -0.05) is 0 Å². The number of carbonyl (C=O) groups excluding carboxylic acids is 1. The predicted molar refractivity (Wildman–Crippen MR) is 70.8 cm³/mol. The van der Waals surface area contributed by atoms with Crippen molar-refractivity contribution in [1.82, 2.24) is 19.6 Å². The molecule has 1 N–H and O–H groups in total. The van der Waals surface area contributed by atoms with Crippen molar-refractivity contribution in [3.63, 3.8) is 0 Å². The molecule has 0 spiro atoms. The van der Waals surface area contributed by atoms with Gasteiger partial charge in [-0.05, 0) is 33.2 Å². The van der Waals surface area contributed by atoms with E-state index in [1.54, 1.807) is 13.0 Å². The van der Waals surface area contributed by atoms with Crippen LogP contribution in [-0.2, 0) is 0 Å². The summed E-state index contributed by atoms with van der Waals surface area (Å²) in [6, 6.07) is 2.88. The molecule has 2 rings (SSSR count). The summed E-state index contributed by atoms with van der Waals surface area (Å²) in [7, 11) is 3.86. The standard InChI is InChI=1S/C13H17FN4O/c1-9-12(13(19)15-6-7-17(2)3)18-8-10(14)4-5-11(18)16-9/h4-5,8H,6-7H2,1-3H3,(H,15,19). The summed E-state index contributed by atoms with van der Waals surface area (Å²) in [4.78, 5) is 18.3. The molecule has 0 bridgehead atoms. The molecule has 0 fully saturated rings. The van der Waals surface area contributed by atoms with Crippen molar-refractivity contribution in [3.8, 4) is 0 Å². The van der Waals surface area contributed by atoms with Gasteiger partial charge >= 0.3 is 0 Å². The number of amides is 1. The molecule has 0 atom stereocenters. The van der Waals surface area contributed by atoms with Gasteiger partial charge in [-0.25, -0.2) is 9.37 Å². The van der Waals surface area contributed by atoms with Crippen LogP contribution in [0.15, 0.2) is 18.3 Å². The number of imidazole rings is 1. The first-order chi connectivity index (χ1) is 8.99. The van der Waals surface area contributed by atoms with E-state index in [9.17, 15) is 9.18 Å². The summed E-state index contributed by atoms with van der Waals surface area (Å²) in [6.45, 7) is 3.02. The smallest absolute Gasteiger partial charge is 0.270 e. The molecule has 2 heterocycles. The second kappa shape index (κ2) is 5.36. The second-order valence-corrected chi connectivity index (χ2v) is 4.68. The normalized spacial score (nSPS) is 11.2. The van der Waals surface area contributed by atoms with Gasteiger partial charge in [-0.2, -0.15) is 0 Å². The average molecular weight is 264 g/mol. The lowest BCUT2D eigenvalue weighted by Crippen LogP contribution is -2.32. The van der Waals surface area contributed by atoms with Crippen LogP contribution in [0.5, 0.6) is 0 Å². The van der Waals surface area contributed by atoms with E-state index in [-0.39, 0.29) is 5.91 Å². The number of likely N-dealkylation sites (N-methyl/N-ethyl adjacent to an activating group) is 1. The number of halogens is 1. The molecule has 0 aliphatic heterocycles. The zero-order valence-corrected chi connectivity index (χ0v) is 11.3. The van der Waals surface area contributed by atoms with Crippen molar-refractivity contribution >= 4 is 11.6 Å². The maximum Gasteiger partial charge on any atom is 0.270 e. The zero-order valence-electron chi connectivity index (χ0n) is 11.3. The molecule has 0 aliphatic rings. The number of carbonyl (C=O) groups is 1. The first kappa shape index (κ1) is 13.5. The molecule has 6 heteroatoms. The molecular formula is C13H17FN4O. The highest BCUT2D eigenvalue weighted by Crippen LogP contribution is 2.12. The minimum Gasteiger partial charge on any atom is -0.349 e. The molecule has 0 radical (unpaired) electrons. The van der Waals surface area contributed by atoms with Crippen molar-refractivity contribution in [3.05, 3.63) is 35.5 Å². The Balaban J connectivity index is 2.26. The van der Waals surface area contributed by atoms with E-state index in [2.05, 4.69) is 10.3 Å². The van der Waals surface area contributed by atoms with Gasteiger partial charge in [-0.3, -0.25) is 9.20 Å². The fourth-order valence-corrected chi connectivity index (χ4v) is 1.89. The Labute approximate surface area is 111 Å². The van der Waals surface area contributed by atoms with Crippen molar-refractivity contribution in [1.29, 1.82) is 0 Å². The van der Waals surface area contributed by atoms with Crippen LogP contribution in [0.3, 0.4) is 0 Å². The van der Waals surface area contributed by atoms with E-state index in [1.807, 2.05) is 19.0 Å². The van der Waals surface area contributed by atoms with E-state index < -0.39 is 5.82 Å². The quantitative estimate of drug-likeness (QED) is 0.898. The van der Waals surface area contributed by atoms with E-state index in [4.69, 9.17) is 0 Å². The number of fused-ring (bicyclic) bond motifs is 1. The monoisotopic (exact) mass is 264 g/mol. The van der Waals surface area contributed by atoms with E-state index in [1.165, 1.54) is 16.7 Å². The van der Waals surface area contributed by atoms with E-state index in [0.29, 0.717) is 23.6 Å². The maximum absolute atomic E-state index is 13.3. The number of hydrogen-bond donors (Lipinski definition) is 1. The van der Waals surface area contributed by atoms with Crippen LogP contribution in [0.2, 0.25) is 0 Å². The molecular weight excluding hydrogens is 247 g/mol. The topological polar surface area (TPSA) is 49.6 Å². The third-order valence-corrected chi connectivity index (χ3v) is 2.82. The summed E-state index contributed by atoms with van der Waals surface area (Å²) >= 11 is 0. The van der Waals surface area contributed by atoms with Crippen LogP contribution >= 0.6 is 0 Å². The molecule has 5 nitrogen and oxygen atoms in total. The molecule has 2 aromatic heterocycles. The third-order valence-electron chi connectivity index (χ3n) is 2.82. The Bertz CT molecular complexity index is 606. The molecule has 1 amide bonds. The van der Waals surface area contributed by atoms with Crippen LogP contribution in [0.1, 0.15) is 16.2 Å². The number of hydrogen-bond acceptors (Lipinski definition) is 3. The van der Waals surface area contributed by atoms with Gasteiger partial charge in [0.15, 0.2) is 0 Å². The molecule has 0 unspecified atom stereocenters. The minimum absolute atomic E-state index is 0.238. The van der Waals surface area contributed by atoms with Gasteiger partial charge in [-0.15, -0.1) is 0 Å². The van der Waals surface area contributed by atoms with Crippen LogP contribution in [0.25, 0.3) is 5.65 Å². The van der Waals surface area contributed by atoms with Gasteiger partial charge in [0.1, 0.15) is 17.2 Å². The number of nitrogens with zero attached hydrogens (tertiary/aromatic N) is 3. The third kappa shape index (κ3) is 2.90.